The van der Waals surface area contributed by atoms with Gasteiger partial charge in [-0.3, -0.25) is 0 Å². The molecule has 1 aromatic heterocycles. The molecule has 19 heavy (non-hydrogen) atoms. The summed E-state index contributed by atoms with van der Waals surface area (Å²) in [6.07, 6.45) is 0. The summed E-state index contributed by atoms with van der Waals surface area (Å²) in [5.41, 5.74) is 10.2. The quantitative estimate of drug-likeness (QED) is 0.883. The number of nitrogens with one attached hydrogen (secondary N) is 1. The number of hydrogen-bond donors (Lipinski definition) is 2. The predicted molar refractivity (Wildman–Crippen MR) is 75.0 cm³/mol. The van der Waals surface area contributed by atoms with Crippen molar-refractivity contribution in [3.05, 3.63) is 41.3 Å². The number of imidazole rings is 1. The van der Waals surface area contributed by atoms with Crippen molar-refractivity contribution in [2.75, 3.05) is 19.8 Å². The van der Waals surface area contributed by atoms with Crippen LogP contribution >= 0.6 is 0 Å². The van der Waals surface area contributed by atoms with E-state index in [1.165, 1.54) is 5.56 Å². The molecule has 2 aromatic rings. The second kappa shape index (κ2) is 4.47. The zero-order valence-corrected chi connectivity index (χ0v) is 11.4. The topological polar surface area (TPSA) is 63.9 Å². The first kappa shape index (κ1) is 12.4. The van der Waals surface area contributed by atoms with Crippen LogP contribution in [0.25, 0.3) is 11.3 Å². The van der Waals surface area contributed by atoms with Crippen molar-refractivity contribution in [1.82, 2.24) is 9.97 Å². The smallest absolute Gasteiger partial charge is 0.119 e. The van der Waals surface area contributed by atoms with Gasteiger partial charge in [-0.15, -0.1) is 0 Å². The number of aromatic nitrogens is 2. The molecule has 0 bridgehead atoms. The molecule has 1 aromatic carbocycles. The van der Waals surface area contributed by atoms with Gasteiger partial charge < -0.3 is 15.5 Å². The van der Waals surface area contributed by atoms with Gasteiger partial charge in [0.25, 0.3) is 0 Å². The minimum Gasteiger partial charge on any atom is -0.379 e. The second-order valence-electron chi connectivity index (χ2n) is 5.41. The first-order chi connectivity index (χ1) is 9.14. The van der Waals surface area contributed by atoms with Gasteiger partial charge in [-0.05, 0) is 19.9 Å². The molecule has 1 saturated heterocycles. The lowest BCUT2D eigenvalue weighted by Gasteiger charge is -2.38. The molecule has 1 aliphatic heterocycles. The van der Waals surface area contributed by atoms with Crippen molar-refractivity contribution in [3.8, 4) is 11.3 Å². The number of benzene rings is 1. The molecule has 0 aliphatic carbocycles. The van der Waals surface area contributed by atoms with E-state index in [9.17, 15) is 0 Å². The van der Waals surface area contributed by atoms with E-state index in [0.717, 1.165) is 22.8 Å². The van der Waals surface area contributed by atoms with Crippen LogP contribution < -0.4 is 5.73 Å². The maximum absolute atomic E-state index is 5.88. The first-order valence-corrected chi connectivity index (χ1v) is 6.56. The van der Waals surface area contributed by atoms with E-state index in [4.69, 9.17) is 15.5 Å². The maximum atomic E-state index is 5.88. The first-order valence-electron chi connectivity index (χ1n) is 6.56. The van der Waals surface area contributed by atoms with Crippen molar-refractivity contribution in [1.29, 1.82) is 0 Å². The Morgan fingerprint density at radius 3 is 2.74 bits per heavy atom. The lowest BCUT2D eigenvalue weighted by atomic mass is 9.85. The Morgan fingerprint density at radius 2 is 2.16 bits per heavy atom. The van der Waals surface area contributed by atoms with Crippen LogP contribution in [0.2, 0.25) is 0 Å². The van der Waals surface area contributed by atoms with Gasteiger partial charge in [-0.25, -0.2) is 4.98 Å². The third-order valence-corrected chi connectivity index (χ3v) is 3.83. The molecule has 3 N–H and O–H groups in total. The molecule has 4 nitrogen and oxygen atoms in total. The summed E-state index contributed by atoms with van der Waals surface area (Å²) in [7, 11) is 0. The lowest BCUT2D eigenvalue weighted by Crippen LogP contribution is -2.53. The summed E-state index contributed by atoms with van der Waals surface area (Å²) in [5, 5.41) is 0. The van der Waals surface area contributed by atoms with Crippen molar-refractivity contribution in [3.63, 3.8) is 0 Å². The Hall–Kier alpha value is -1.65. The summed E-state index contributed by atoms with van der Waals surface area (Å²) < 4.78 is 5.32. The van der Waals surface area contributed by atoms with Crippen LogP contribution in [0.5, 0.6) is 0 Å². The highest BCUT2D eigenvalue weighted by atomic mass is 16.5. The molecular weight excluding hydrogens is 238 g/mol. The van der Waals surface area contributed by atoms with E-state index >= 15 is 0 Å². The van der Waals surface area contributed by atoms with Crippen LogP contribution in [0.4, 0.5) is 0 Å². The number of H-pyrrole nitrogens is 1. The number of nitrogens with zero attached hydrogens (tertiary/aromatic N) is 1. The van der Waals surface area contributed by atoms with Crippen LogP contribution in [0.3, 0.4) is 0 Å². The molecule has 0 spiro atoms. The highest BCUT2D eigenvalue weighted by Crippen LogP contribution is 2.32. The Bertz CT molecular complexity index is 594. The largest absolute Gasteiger partial charge is 0.379 e. The number of aryl methyl sites for hydroxylation is 2. The monoisotopic (exact) mass is 257 g/mol. The van der Waals surface area contributed by atoms with E-state index in [1.54, 1.807) is 0 Å². The zero-order chi connectivity index (χ0) is 13.5. The maximum Gasteiger partial charge on any atom is 0.119 e. The molecule has 0 amide bonds. The third kappa shape index (κ3) is 1.97. The Morgan fingerprint density at radius 1 is 1.37 bits per heavy atom. The molecule has 3 rings (SSSR count). The number of hydrogen-bond acceptors (Lipinski definition) is 3. The Kier molecular flexibility index (Phi) is 2.92. The number of rotatable bonds is 3. The predicted octanol–water partition coefficient (Wildman–Crippen LogP) is 1.92. The summed E-state index contributed by atoms with van der Waals surface area (Å²) in [5.74, 6) is 0.954. The normalized spacial score (nSPS) is 17.2. The van der Waals surface area contributed by atoms with Gasteiger partial charge in [-0.2, -0.15) is 0 Å². The molecule has 0 unspecified atom stereocenters. The number of ether oxygens (including phenoxy) is 1. The van der Waals surface area contributed by atoms with Crippen LogP contribution in [0.15, 0.2) is 24.3 Å². The van der Waals surface area contributed by atoms with Gasteiger partial charge in [0.1, 0.15) is 5.82 Å². The van der Waals surface area contributed by atoms with Gasteiger partial charge in [0.2, 0.25) is 0 Å². The van der Waals surface area contributed by atoms with Crippen LogP contribution in [0, 0.1) is 13.8 Å². The minimum atomic E-state index is -0.118. The number of nitrogens with two attached hydrogens (primary N) is 1. The summed E-state index contributed by atoms with van der Waals surface area (Å²) in [6.45, 7) is 6.02. The summed E-state index contributed by atoms with van der Waals surface area (Å²) >= 11 is 0. The van der Waals surface area contributed by atoms with Crippen molar-refractivity contribution in [2.24, 2.45) is 5.73 Å². The molecule has 1 fully saturated rings. The fourth-order valence-electron chi connectivity index (χ4n) is 2.48. The highest BCUT2D eigenvalue weighted by Gasteiger charge is 2.42. The molecule has 2 heterocycles. The SMILES string of the molecule is Cc1cccc(-c2nc(C3(CN)COC3)[nH]c2C)c1. The standard InChI is InChI=1S/C15H19N3O/c1-10-4-3-5-12(6-10)13-11(2)17-14(18-13)15(7-16)8-19-9-15/h3-6H,7-9,16H2,1-2H3,(H,17,18). The number of aromatic amines is 1. The molecule has 0 radical (unpaired) electrons. The molecule has 100 valence electrons. The molecule has 0 saturated carbocycles. The van der Waals surface area contributed by atoms with Crippen molar-refractivity contribution >= 4 is 0 Å². The molecule has 1 aliphatic rings. The van der Waals surface area contributed by atoms with Crippen molar-refractivity contribution < 1.29 is 4.74 Å². The van der Waals surface area contributed by atoms with Crippen LogP contribution in [0.1, 0.15) is 17.1 Å². The second-order valence-corrected chi connectivity index (χ2v) is 5.41. The summed E-state index contributed by atoms with van der Waals surface area (Å²) in [6, 6.07) is 8.39. The summed E-state index contributed by atoms with van der Waals surface area (Å²) in [4.78, 5) is 8.16. The van der Waals surface area contributed by atoms with E-state index < -0.39 is 0 Å². The van der Waals surface area contributed by atoms with Crippen LogP contribution in [-0.2, 0) is 10.2 Å². The molecule has 0 atom stereocenters. The van der Waals surface area contributed by atoms with Gasteiger partial charge in [-0.1, -0.05) is 23.8 Å². The fraction of sp³-hybridized carbons (Fsp3) is 0.400. The van der Waals surface area contributed by atoms with Gasteiger partial charge >= 0.3 is 0 Å². The third-order valence-electron chi connectivity index (χ3n) is 3.83. The fourth-order valence-corrected chi connectivity index (χ4v) is 2.48. The Labute approximate surface area is 113 Å². The van der Waals surface area contributed by atoms with E-state index in [2.05, 4.69) is 43.1 Å². The Balaban J connectivity index is 2.02. The van der Waals surface area contributed by atoms with E-state index in [0.29, 0.717) is 19.8 Å². The lowest BCUT2D eigenvalue weighted by molar-refractivity contribution is -0.0590. The van der Waals surface area contributed by atoms with E-state index in [1.807, 2.05) is 0 Å². The average molecular weight is 257 g/mol. The average Bonchev–Trinajstić information content (AvgIpc) is 2.71. The van der Waals surface area contributed by atoms with Crippen molar-refractivity contribution in [2.45, 2.75) is 19.3 Å². The van der Waals surface area contributed by atoms with Crippen LogP contribution in [-0.4, -0.2) is 29.7 Å². The van der Waals surface area contributed by atoms with E-state index in [-0.39, 0.29) is 5.41 Å². The highest BCUT2D eigenvalue weighted by molar-refractivity contribution is 5.63. The molecular formula is C15H19N3O. The van der Waals surface area contributed by atoms with Gasteiger partial charge in [0.05, 0.1) is 24.3 Å². The minimum absolute atomic E-state index is 0.118. The molecule has 4 heteroatoms. The van der Waals surface area contributed by atoms with Gasteiger partial charge in [0, 0.05) is 17.8 Å². The van der Waals surface area contributed by atoms with Gasteiger partial charge in [0.15, 0.2) is 0 Å². The zero-order valence-electron chi connectivity index (χ0n) is 11.4.